The van der Waals surface area contributed by atoms with Crippen LogP contribution in [0, 0.1) is 0 Å². The van der Waals surface area contributed by atoms with Gasteiger partial charge >= 0.3 is 0 Å². The summed E-state index contributed by atoms with van der Waals surface area (Å²) in [5, 5.41) is 3.45. The molecule has 0 spiro atoms. The van der Waals surface area contributed by atoms with E-state index in [0.717, 1.165) is 24.6 Å². The van der Waals surface area contributed by atoms with E-state index in [1.54, 1.807) is 0 Å². The summed E-state index contributed by atoms with van der Waals surface area (Å²) < 4.78 is 5.91. The normalized spacial score (nSPS) is 18.5. The van der Waals surface area contributed by atoms with Crippen molar-refractivity contribution in [2.45, 2.75) is 45.8 Å². The van der Waals surface area contributed by atoms with Gasteiger partial charge in [-0.1, -0.05) is 0 Å². The van der Waals surface area contributed by atoms with E-state index in [1.165, 1.54) is 31.0 Å². The van der Waals surface area contributed by atoms with E-state index in [1.807, 2.05) is 0 Å². The first-order valence-corrected chi connectivity index (χ1v) is 8.31. The van der Waals surface area contributed by atoms with Gasteiger partial charge in [0.1, 0.15) is 11.5 Å². The van der Waals surface area contributed by atoms with E-state index in [0.29, 0.717) is 0 Å². The number of hydrogen-bond acceptors (Lipinski definition) is 4. The molecule has 0 aromatic carbocycles. The Hall–Kier alpha value is -0.450. The van der Waals surface area contributed by atoms with Gasteiger partial charge in [0.15, 0.2) is 0 Å². The van der Waals surface area contributed by atoms with Gasteiger partial charge < -0.3 is 9.73 Å². The van der Waals surface area contributed by atoms with Crippen molar-refractivity contribution in [3.8, 4) is 0 Å². The number of furan rings is 1. The van der Waals surface area contributed by atoms with Crippen molar-refractivity contribution < 1.29 is 4.42 Å². The second kappa shape index (κ2) is 6.82. The third-order valence-corrected chi connectivity index (χ3v) is 4.25. The molecule has 0 radical (unpaired) electrons. The highest BCUT2D eigenvalue weighted by molar-refractivity contribution is 7.99. The highest BCUT2D eigenvalue weighted by Gasteiger charge is 2.13. The van der Waals surface area contributed by atoms with Crippen LogP contribution in [-0.2, 0) is 13.1 Å². The molecule has 0 unspecified atom stereocenters. The van der Waals surface area contributed by atoms with Crippen molar-refractivity contribution in [3.63, 3.8) is 0 Å². The number of thioether (sulfide) groups is 1. The summed E-state index contributed by atoms with van der Waals surface area (Å²) in [4.78, 5) is 2.50. The Morgan fingerprint density at radius 2 is 2.00 bits per heavy atom. The van der Waals surface area contributed by atoms with Crippen molar-refractivity contribution in [3.05, 3.63) is 23.7 Å². The molecule has 0 atom stereocenters. The molecule has 2 heterocycles. The molecule has 0 saturated carbocycles. The van der Waals surface area contributed by atoms with Crippen molar-refractivity contribution in [2.75, 3.05) is 24.6 Å². The summed E-state index contributed by atoms with van der Waals surface area (Å²) in [5.41, 5.74) is 0.134. The molecule has 4 heteroatoms. The first-order valence-electron chi connectivity index (χ1n) is 7.16. The smallest absolute Gasteiger partial charge is 0.118 e. The third kappa shape index (κ3) is 5.59. The molecule has 108 valence electrons. The molecular formula is C15H26N2OS. The van der Waals surface area contributed by atoms with Gasteiger partial charge in [0, 0.05) is 17.8 Å². The van der Waals surface area contributed by atoms with Crippen LogP contribution < -0.4 is 5.32 Å². The zero-order valence-electron chi connectivity index (χ0n) is 12.4. The maximum atomic E-state index is 5.91. The van der Waals surface area contributed by atoms with Crippen LogP contribution in [0.5, 0.6) is 0 Å². The van der Waals surface area contributed by atoms with Crippen molar-refractivity contribution in [2.24, 2.45) is 0 Å². The van der Waals surface area contributed by atoms with Gasteiger partial charge in [-0.25, -0.2) is 0 Å². The second-order valence-electron chi connectivity index (χ2n) is 6.21. The average molecular weight is 282 g/mol. The van der Waals surface area contributed by atoms with E-state index in [4.69, 9.17) is 4.42 Å². The first-order chi connectivity index (χ1) is 9.03. The largest absolute Gasteiger partial charge is 0.463 e. The fourth-order valence-electron chi connectivity index (χ4n) is 2.13. The van der Waals surface area contributed by atoms with Gasteiger partial charge in [-0.05, 0) is 51.6 Å². The molecule has 0 aliphatic carbocycles. The number of hydrogen-bond donors (Lipinski definition) is 1. The molecule has 0 bridgehead atoms. The molecule has 0 amide bonds. The van der Waals surface area contributed by atoms with Crippen LogP contribution in [0.25, 0.3) is 0 Å². The number of rotatable bonds is 4. The molecule has 19 heavy (non-hydrogen) atoms. The minimum atomic E-state index is 0.134. The molecule has 1 N–H and O–H groups in total. The van der Waals surface area contributed by atoms with E-state index in [2.05, 4.69) is 54.9 Å². The van der Waals surface area contributed by atoms with Crippen molar-refractivity contribution in [1.29, 1.82) is 0 Å². The standard InChI is InChI=1S/C15H26N2OS/c1-15(2,3)16-11-13-5-6-14(18-13)12-17-7-4-9-19-10-8-17/h5-6,16H,4,7-12H2,1-3H3. The van der Waals surface area contributed by atoms with Crippen molar-refractivity contribution >= 4 is 11.8 Å². The first kappa shape index (κ1) is 14.9. The van der Waals surface area contributed by atoms with Gasteiger partial charge in [0.2, 0.25) is 0 Å². The van der Waals surface area contributed by atoms with Crippen LogP contribution >= 0.6 is 11.8 Å². The Balaban J connectivity index is 1.82. The summed E-state index contributed by atoms with van der Waals surface area (Å²) in [5.74, 6) is 4.68. The monoisotopic (exact) mass is 282 g/mol. The molecule has 1 fully saturated rings. The average Bonchev–Trinajstić information content (AvgIpc) is 2.61. The lowest BCUT2D eigenvalue weighted by molar-refractivity contribution is 0.257. The Kier molecular flexibility index (Phi) is 5.37. The summed E-state index contributed by atoms with van der Waals surface area (Å²) in [6, 6.07) is 4.22. The zero-order chi connectivity index (χ0) is 13.7. The highest BCUT2D eigenvalue weighted by atomic mass is 32.2. The van der Waals surface area contributed by atoms with Crippen LogP contribution in [0.1, 0.15) is 38.7 Å². The molecule has 3 nitrogen and oxygen atoms in total. The summed E-state index contributed by atoms with van der Waals surface area (Å²) >= 11 is 2.06. The van der Waals surface area contributed by atoms with Gasteiger partial charge in [-0.2, -0.15) is 11.8 Å². The lowest BCUT2D eigenvalue weighted by Gasteiger charge is -2.19. The topological polar surface area (TPSA) is 28.4 Å². The van der Waals surface area contributed by atoms with Crippen LogP contribution in [0.3, 0.4) is 0 Å². The lowest BCUT2D eigenvalue weighted by atomic mass is 10.1. The molecule has 1 aliphatic heterocycles. The van der Waals surface area contributed by atoms with Crippen molar-refractivity contribution in [1.82, 2.24) is 10.2 Å². The van der Waals surface area contributed by atoms with Gasteiger partial charge in [0.25, 0.3) is 0 Å². The SMILES string of the molecule is CC(C)(C)NCc1ccc(CN2CCCSCC2)o1. The minimum absolute atomic E-state index is 0.134. The summed E-state index contributed by atoms with van der Waals surface area (Å²) in [6.45, 7) is 10.7. The highest BCUT2D eigenvalue weighted by Crippen LogP contribution is 2.15. The third-order valence-electron chi connectivity index (χ3n) is 3.20. The van der Waals surface area contributed by atoms with Crippen LogP contribution in [0.2, 0.25) is 0 Å². The number of nitrogens with zero attached hydrogens (tertiary/aromatic N) is 1. The Labute approximate surface area is 121 Å². The predicted octanol–water partition coefficient (Wildman–Crippen LogP) is 3.11. The quantitative estimate of drug-likeness (QED) is 0.918. The van der Waals surface area contributed by atoms with Gasteiger partial charge in [-0.15, -0.1) is 0 Å². The van der Waals surface area contributed by atoms with E-state index in [-0.39, 0.29) is 5.54 Å². The van der Waals surface area contributed by atoms with E-state index >= 15 is 0 Å². The molecule has 1 saturated heterocycles. The molecule has 2 rings (SSSR count). The fraction of sp³-hybridized carbons (Fsp3) is 0.733. The van der Waals surface area contributed by atoms with Gasteiger partial charge in [0.05, 0.1) is 13.1 Å². The maximum Gasteiger partial charge on any atom is 0.118 e. The van der Waals surface area contributed by atoms with Crippen LogP contribution in [0.15, 0.2) is 16.5 Å². The molecular weight excluding hydrogens is 256 g/mol. The predicted molar refractivity (Wildman–Crippen MR) is 82.5 cm³/mol. The summed E-state index contributed by atoms with van der Waals surface area (Å²) in [6.07, 6.45) is 1.30. The molecule has 1 aromatic rings. The minimum Gasteiger partial charge on any atom is -0.463 e. The maximum absolute atomic E-state index is 5.91. The van der Waals surface area contributed by atoms with E-state index in [9.17, 15) is 0 Å². The molecule has 1 aromatic heterocycles. The van der Waals surface area contributed by atoms with E-state index < -0.39 is 0 Å². The van der Waals surface area contributed by atoms with Gasteiger partial charge in [-0.3, -0.25) is 4.90 Å². The Morgan fingerprint density at radius 1 is 1.21 bits per heavy atom. The fourth-order valence-corrected chi connectivity index (χ4v) is 3.06. The Morgan fingerprint density at radius 3 is 2.79 bits per heavy atom. The lowest BCUT2D eigenvalue weighted by Crippen LogP contribution is -2.34. The zero-order valence-corrected chi connectivity index (χ0v) is 13.2. The number of nitrogens with one attached hydrogen (secondary N) is 1. The van der Waals surface area contributed by atoms with Crippen LogP contribution in [-0.4, -0.2) is 35.0 Å². The Bertz CT molecular complexity index is 376. The summed E-state index contributed by atoms with van der Waals surface area (Å²) in [7, 11) is 0. The molecule has 1 aliphatic rings. The second-order valence-corrected chi connectivity index (χ2v) is 7.44. The van der Waals surface area contributed by atoms with Crippen LogP contribution in [0.4, 0.5) is 0 Å².